The molecule has 0 bridgehead atoms. The van der Waals surface area contributed by atoms with Crippen LogP contribution in [-0.4, -0.2) is 33.6 Å². The van der Waals surface area contributed by atoms with Crippen LogP contribution in [0.1, 0.15) is 43.5 Å². The largest absolute Gasteiger partial charge is 0.456 e. The highest BCUT2D eigenvalue weighted by Gasteiger charge is 2.57. The number of halogens is 3. The average Bonchev–Trinajstić information content (AvgIpc) is 2.91. The van der Waals surface area contributed by atoms with Crippen molar-refractivity contribution in [3.05, 3.63) is 23.7 Å². The van der Waals surface area contributed by atoms with E-state index in [9.17, 15) is 23.1 Å². The van der Waals surface area contributed by atoms with Gasteiger partial charge in [-0.1, -0.05) is 20.8 Å². The molecular weight excluding hydrogens is 301 g/mol. The fourth-order valence-electron chi connectivity index (χ4n) is 2.15. The summed E-state index contributed by atoms with van der Waals surface area (Å²) in [5.41, 5.74) is -4.32. The van der Waals surface area contributed by atoms with Crippen LogP contribution in [0.15, 0.2) is 21.7 Å². The summed E-state index contributed by atoms with van der Waals surface area (Å²) in [5.74, 6) is -0.654. The third-order valence-electron chi connectivity index (χ3n) is 3.66. The molecule has 1 aromatic heterocycles. The standard InChI is InChI=1S/C14H17F3N2O3/c1-8-5-6-9(22-8)11(20)19-13(21,12(2,3)4)7-10(18-19)14(15,16)17/h5-6,21H,7H2,1-4H3/t13-/m0/s1. The fraction of sp³-hybridized carbons (Fsp3) is 0.571. The zero-order chi connectivity index (χ0) is 16.9. The van der Waals surface area contributed by atoms with E-state index in [-0.39, 0.29) is 5.76 Å². The first-order valence-corrected chi connectivity index (χ1v) is 6.64. The Labute approximate surface area is 125 Å². The van der Waals surface area contributed by atoms with Crippen LogP contribution in [0, 0.1) is 12.3 Å². The van der Waals surface area contributed by atoms with E-state index >= 15 is 0 Å². The zero-order valence-electron chi connectivity index (χ0n) is 12.7. The minimum Gasteiger partial charge on any atom is -0.456 e. The van der Waals surface area contributed by atoms with Gasteiger partial charge in [0.2, 0.25) is 0 Å². The summed E-state index contributed by atoms with van der Waals surface area (Å²) in [6.45, 7) is 6.21. The second kappa shape index (κ2) is 4.84. The molecule has 2 heterocycles. The lowest BCUT2D eigenvalue weighted by atomic mass is 9.80. The lowest BCUT2D eigenvalue weighted by Crippen LogP contribution is -2.55. The number of nitrogens with zero attached hydrogens (tertiary/aromatic N) is 2. The van der Waals surface area contributed by atoms with Gasteiger partial charge in [0.25, 0.3) is 0 Å². The van der Waals surface area contributed by atoms with Gasteiger partial charge in [0.05, 0.1) is 0 Å². The first kappa shape index (κ1) is 16.5. The van der Waals surface area contributed by atoms with E-state index in [4.69, 9.17) is 4.42 Å². The van der Waals surface area contributed by atoms with Crippen molar-refractivity contribution < 1.29 is 27.5 Å². The van der Waals surface area contributed by atoms with Gasteiger partial charge in [-0.3, -0.25) is 4.79 Å². The Balaban J connectivity index is 2.47. The third-order valence-corrected chi connectivity index (χ3v) is 3.66. The Hall–Kier alpha value is -1.83. The Morgan fingerprint density at radius 2 is 1.95 bits per heavy atom. The number of furan rings is 1. The number of carbonyl (C=O) groups is 1. The summed E-state index contributed by atoms with van der Waals surface area (Å²) in [5, 5.41) is 14.5. The predicted octanol–water partition coefficient (Wildman–Crippen LogP) is 3.09. The molecule has 122 valence electrons. The lowest BCUT2D eigenvalue weighted by molar-refractivity contribution is -0.145. The van der Waals surface area contributed by atoms with Gasteiger partial charge in [-0.2, -0.15) is 23.3 Å². The van der Waals surface area contributed by atoms with E-state index in [1.807, 2.05) is 0 Å². The van der Waals surface area contributed by atoms with Crippen molar-refractivity contribution in [1.82, 2.24) is 5.01 Å². The van der Waals surface area contributed by atoms with Gasteiger partial charge in [0.15, 0.2) is 11.5 Å². The van der Waals surface area contributed by atoms with Gasteiger partial charge < -0.3 is 9.52 Å². The maximum atomic E-state index is 12.9. The molecule has 0 saturated carbocycles. The van der Waals surface area contributed by atoms with E-state index in [2.05, 4.69) is 5.10 Å². The van der Waals surface area contributed by atoms with Gasteiger partial charge >= 0.3 is 12.1 Å². The van der Waals surface area contributed by atoms with Crippen LogP contribution in [-0.2, 0) is 0 Å². The summed E-state index contributed by atoms with van der Waals surface area (Å²) < 4.78 is 43.9. The van der Waals surface area contributed by atoms with Gasteiger partial charge in [0.1, 0.15) is 11.5 Å². The first-order chi connectivity index (χ1) is 9.86. The number of aliphatic hydroxyl groups is 1. The monoisotopic (exact) mass is 318 g/mol. The smallest absolute Gasteiger partial charge is 0.431 e. The maximum absolute atomic E-state index is 12.9. The summed E-state index contributed by atoms with van der Waals surface area (Å²) >= 11 is 0. The Kier molecular flexibility index (Phi) is 3.64. The number of hydrogen-bond acceptors (Lipinski definition) is 4. The number of hydrogen-bond donors (Lipinski definition) is 1. The van der Waals surface area contributed by atoms with Crippen molar-refractivity contribution in [2.45, 2.75) is 46.0 Å². The van der Waals surface area contributed by atoms with Crippen LogP contribution in [0.5, 0.6) is 0 Å². The molecule has 1 N–H and O–H groups in total. The highest BCUT2D eigenvalue weighted by molar-refractivity contribution is 5.98. The third kappa shape index (κ3) is 2.63. The average molecular weight is 318 g/mol. The Morgan fingerprint density at radius 1 is 1.36 bits per heavy atom. The molecule has 1 atom stereocenters. The second-order valence-corrected chi connectivity index (χ2v) is 6.32. The molecule has 8 heteroatoms. The molecule has 2 rings (SSSR count). The normalized spacial score (nSPS) is 22.9. The molecule has 5 nitrogen and oxygen atoms in total. The molecule has 0 radical (unpaired) electrons. The highest BCUT2D eigenvalue weighted by atomic mass is 19.4. The second-order valence-electron chi connectivity index (χ2n) is 6.32. The molecule has 0 spiro atoms. The van der Waals surface area contributed by atoms with Crippen LogP contribution in [0.3, 0.4) is 0 Å². The van der Waals surface area contributed by atoms with E-state index in [0.717, 1.165) is 0 Å². The Bertz CT molecular complexity index is 628. The lowest BCUT2D eigenvalue weighted by Gasteiger charge is -2.41. The van der Waals surface area contributed by atoms with Gasteiger partial charge in [-0.25, -0.2) is 0 Å². The molecular formula is C14H17F3N2O3. The van der Waals surface area contributed by atoms with Crippen LogP contribution in [0.4, 0.5) is 13.2 Å². The zero-order valence-corrected chi connectivity index (χ0v) is 12.7. The summed E-state index contributed by atoms with van der Waals surface area (Å²) in [4.78, 5) is 12.4. The molecule has 1 aliphatic rings. The quantitative estimate of drug-likeness (QED) is 0.865. The molecule has 0 unspecified atom stereocenters. The van der Waals surface area contributed by atoms with E-state index < -0.39 is 35.4 Å². The molecule has 0 aliphatic carbocycles. The topological polar surface area (TPSA) is 66.0 Å². The van der Waals surface area contributed by atoms with E-state index in [0.29, 0.717) is 10.8 Å². The molecule has 0 aromatic carbocycles. The van der Waals surface area contributed by atoms with E-state index in [1.54, 1.807) is 6.92 Å². The van der Waals surface area contributed by atoms with Crippen molar-refractivity contribution >= 4 is 11.6 Å². The van der Waals surface area contributed by atoms with Crippen molar-refractivity contribution in [3.8, 4) is 0 Å². The number of alkyl halides is 3. The number of hydrazone groups is 1. The summed E-state index contributed by atoms with van der Waals surface area (Å²) in [6, 6.07) is 2.84. The Morgan fingerprint density at radius 3 is 2.36 bits per heavy atom. The summed E-state index contributed by atoms with van der Waals surface area (Å²) in [6.07, 6.45) is -5.50. The molecule has 22 heavy (non-hydrogen) atoms. The van der Waals surface area contributed by atoms with Crippen molar-refractivity contribution in [2.75, 3.05) is 0 Å². The maximum Gasteiger partial charge on any atom is 0.431 e. The predicted molar refractivity (Wildman–Crippen MR) is 72.1 cm³/mol. The van der Waals surface area contributed by atoms with Crippen molar-refractivity contribution in [1.29, 1.82) is 0 Å². The number of carbonyl (C=O) groups excluding carboxylic acids is 1. The number of amides is 1. The molecule has 0 saturated heterocycles. The number of rotatable bonds is 1. The SMILES string of the molecule is Cc1ccc(C(=O)N2N=C(C(F)(F)F)C[C@]2(O)C(C)(C)C)o1. The van der Waals surface area contributed by atoms with Crippen molar-refractivity contribution in [2.24, 2.45) is 10.5 Å². The van der Waals surface area contributed by atoms with Crippen LogP contribution in [0.2, 0.25) is 0 Å². The van der Waals surface area contributed by atoms with Gasteiger partial charge in [-0.05, 0) is 19.1 Å². The first-order valence-electron chi connectivity index (χ1n) is 6.64. The van der Waals surface area contributed by atoms with Crippen LogP contribution in [0.25, 0.3) is 0 Å². The molecule has 1 amide bonds. The minimum absolute atomic E-state index is 0.174. The number of aryl methyl sites for hydroxylation is 1. The van der Waals surface area contributed by atoms with Crippen LogP contribution >= 0.6 is 0 Å². The summed E-state index contributed by atoms with van der Waals surface area (Å²) in [7, 11) is 0. The fourth-order valence-corrected chi connectivity index (χ4v) is 2.15. The van der Waals surface area contributed by atoms with E-state index in [1.165, 1.54) is 32.9 Å². The molecule has 1 aliphatic heterocycles. The molecule has 1 aromatic rings. The highest BCUT2D eigenvalue weighted by Crippen LogP contribution is 2.44. The van der Waals surface area contributed by atoms with Crippen LogP contribution < -0.4 is 0 Å². The van der Waals surface area contributed by atoms with Crippen molar-refractivity contribution in [3.63, 3.8) is 0 Å². The van der Waals surface area contributed by atoms with Gasteiger partial charge in [0, 0.05) is 11.8 Å². The minimum atomic E-state index is -4.71. The molecule has 0 fully saturated rings. The van der Waals surface area contributed by atoms with Gasteiger partial charge in [-0.15, -0.1) is 0 Å².